The van der Waals surface area contributed by atoms with Crippen LogP contribution in [0, 0.1) is 13.8 Å². The van der Waals surface area contributed by atoms with Crippen molar-refractivity contribution in [2.75, 3.05) is 21.4 Å². The van der Waals surface area contributed by atoms with Crippen LogP contribution < -0.4 is 19.9 Å². The molecule has 1 amide bonds. The first kappa shape index (κ1) is 32.5. The van der Waals surface area contributed by atoms with Gasteiger partial charge in [0.1, 0.15) is 5.69 Å². The molecule has 5 aromatic rings. The van der Waals surface area contributed by atoms with E-state index in [-0.39, 0.29) is 32.4 Å². The summed E-state index contributed by atoms with van der Waals surface area (Å²) < 4.78 is 60.0. The predicted octanol–water partition coefficient (Wildman–Crippen LogP) is 5.32. The van der Waals surface area contributed by atoms with Crippen LogP contribution in [0.2, 0.25) is 5.02 Å². The highest BCUT2D eigenvalue weighted by Crippen LogP contribution is 2.27. The summed E-state index contributed by atoms with van der Waals surface area (Å²) in [5.74, 6) is -0.664. The summed E-state index contributed by atoms with van der Waals surface area (Å²) in [6, 6.07) is 24.7. The fourth-order valence-corrected chi connectivity index (χ4v) is 7.42. The molecule has 0 saturated carbocycles. The Morgan fingerprint density at radius 1 is 0.826 bits per heavy atom. The molecule has 0 bridgehead atoms. The third-order valence-electron chi connectivity index (χ3n) is 7.44. The molecule has 0 aliphatic carbocycles. The summed E-state index contributed by atoms with van der Waals surface area (Å²) in [4.78, 5) is 26.5. The van der Waals surface area contributed by atoms with Crippen molar-refractivity contribution >= 4 is 54.6 Å². The average Bonchev–Trinajstić information content (AvgIpc) is 3.24. The molecule has 0 saturated heterocycles. The Balaban J connectivity index is 1.42. The number of anilines is 3. The molecular formula is C32H30ClN5O6S2. The molecule has 0 unspecified atom stereocenters. The van der Waals surface area contributed by atoms with E-state index in [1.807, 2.05) is 6.07 Å². The minimum absolute atomic E-state index is 0.00525. The van der Waals surface area contributed by atoms with Crippen molar-refractivity contribution in [1.82, 2.24) is 9.36 Å². The van der Waals surface area contributed by atoms with Crippen LogP contribution in [0.1, 0.15) is 21.6 Å². The van der Waals surface area contributed by atoms with Gasteiger partial charge in [-0.1, -0.05) is 48.0 Å². The lowest BCUT2D eigenvalue weighted by atomic mass is 10.1. The van der Waals surface area contributed by atoms with Gasteiger partial charge in [0, 0.05) is 30.4 Å². The molecule has 0 fully saturated rings. The number of hydrogen-bond acceptors (Lipinski definition) is 6. The molecule has 5 rings (SSSR count). The van der Waals surface area contributed by atoms with Crippen LogP contribution in [0.5, 0.6) is 0 Å². The van der Waals surface area contributed by atoms with Crippen LogP contribution in [-0.4, -0.2) is 39.2 Å². The monoisotopic (exact) mass is 679 g/mol. The molecule has 0 aliphatic rings. The maximum atomic E-state index is 13.8. The van der Waals surface area contributed by atoms with Crippen molar-refractivity contribution in [2.45, 2.75) is 23.6 Å². The van der Waals surface area contributed by atoms with E-state index < -0.39 is 31.5 Å². The van der Waals surface area contributed by atoms with Gasteiger partial charge in [-0.2, -0.15) is 0 Å². The van der Waals surface area contributed by atoms with Crippen molar-refractivity contribution in [2.24, 2.45) is 7.05 Å². The molecule has 11 nitrogen and oxygen atoms in total. The third-order valence-corrected chi connectivity index (χ3v) is 10.8. The minimum Gasteiger partial charge on any atom is -0.322 e. The van der Waals surface area contributed by atoms with Gasteiger partial charge in [-0.25, -0.2) is 21.5 Å². The number of rotatable bonds is 9. The van der Waals surface area contributed by atoms with Gasteiger partial charge in [-0.3, -0.25) is 23.3 Å². The van der Waals surface area contributed by atoms with Gasteiger partial charge in [0.15, 0.2) is 0 Å². The average molecular weight is 680 g/mol. The Kier molecular flexibility index (Phi) is 8.85. The Morgan fingerprint density at radius 3 is 2.22 bits per heavy atom. The second-order valence-corrected chi connectivity index (χ2v) is 14.5. The fraction of sp³-hybridized carbons (Fsp3) is 0.125. The first-order valence-corrected chi connectivity index (χ1v) is 17.1. The Morgan fingerprint density at radius 2 is 1.52 bits per heavy atom. The Hall–Kier alpha value is -4.85. The van der Waals surface area contributed by atoms with Crippen LogP contribution >= 0.6 is 11.6 Å². The number of aryl methyl sites for hydroxylation is 1. The Bertz CT molecular complexity index is 2250. The van der Waals surface area contributed by atoms with Gasteiger partial charge in [0.25, 0.3) is 31.5 Å². The molecule has 14 heteroatoms. The quantitative estimate of drug-likeness (QED) is 0.216. The number of halogens is 1. The van der Waals surface area contributed by atoms with Gasteiger partial charge < -0.3 is 5.32 Å². The standard InChI is InChI=1S/C32H30ClN5O6S2/c1-21-16-17-27(45(41,42)35-25-12-9-11-24(33)19-25)20-29(21)34-31(39)23-10-8-15-28(18-23)46(43,44)37(4)30-22(2)36(3)38(32(30)40)26-13-6-5-7-14-26/h5-20,35H,1-4H3,(H,34,39). The highest BCUT2D eigenvalue weighted by Gasteiger charge is 2.29. The molecule has 0 spiro atoms. The summed E-state index contributed by atoms with van der Waals surface area (Å²) in [6.07, 6.45) is 0. The maximum Gasteiger partial charge on any atom is 0.296 e. The lowest BCUT2D eigenvalue weighted by Gasteiger charge is -2.18. The van der Waals surface area contributed by atoms with E-state index in [4.69, 9.17) is 11.6 Å². The number of nitrogens with one attached hydrogen (secondary N) is 2. The predicted molar refractivity (Wildman–Crippen MR) is 179 cm³/mol. The van der Waals surface area contributed by atoms with E-state index in [2.05, 4.69) is 10.0 Å². The van der Waals surface area contributed by atoms with Crippen LogP contribution in [0.25, 0.3) is 5.69 Å². The Labute approximate surface area is 271 Å². The van der Waals surface area contributed by atoms with Gasteiger partial charge in [-0.05, 0) is 80.1 Å². The fourth-order valence-electron chi connectivity index (χ4n) is 4.86. The van der Waals surface area contributed by atoms with Crippen LogP contribution in [0.4, 0.5) is 17.1 Å². The number of hydrogen-bond donors (Lipinski definition) is 2. The normalized spacial score (nSPS) is 11.7. The second-order valence-electron chi connectivity index (χ2n) is 10.5. The number of nitrogens with zero attached hydrogens (tertiary/aromatic N) is 3. The first-order valence-electron chi connectivity index (χ1n) is 13.8. The summed E-state index contributed by atoms with van der Waals surface area (Å²) >= 11 is 5.97. The molecule has 0 aliphatic heterocycles. The smallest absolute Gasteiger partial charge is 0.296 e. The van der Waals surface area contributed by atoms with E-state index in [9.17, 15) is 26.4 Å². The molecule has 2 N–H and O–H groups in total. The van der Waals surface area contributed by atoms with Crippen molar-refractivity contribution in [3.05, 3.63) is 129 Å². The number of carbonyl (C=O) groups is 1. The topological polar surface area (TPSA) is 140 Å². The summed E-state index contributed by atoms with van der Waals surface area (Å²) in [5.41, 5.74) is 1.49. The molecule has 4 aromatic carbocycles. The molecule has 1 aromatic heterocycles. The summed E-state index contributed by atoms with van der Waals surface area (Å²) in [7, 11) is -5.37. The zero-order chi connectivity index (χ0) is 33.4. The number of amides is 1. The lowest BCUT2D eigenvalue weighted by molar-refractivity contribution is 0.102. The SMILES string of the molecule is Cc1ccc(S(=O)(=O)Nc2cccc(Cl)c2)cc1NC(=O)c1cccc(S(=O)(=O)N(C)c2c(C)n(C)n(-c3ccccc3)c2=O)c1. The van der Waals surface area contributed by atoms with Crippen molar-refractivity contribution in [1.29, 1.82) is 0 Å². The molecule has 46 heavy (non-hydrogen) atoms. The lowest BCUT2D eigenvalue weighted by Crippen LogP contribution is -2.32. The van der Waals surface area contributed by atoms with Gasteiger partial charge in [0.05, 0.1) is 26.9 Å². The third kappa shape index (κ3) is 6.29. The maximum absolute atomic E-state index is 13.8. The van der Waals surface area contributed by atoms with E-state index in [0.717, 1.165) is 4.31 Å². The summed E-state index contributed by atoms with van der Waals surface area (Å²) in [6.45, 7) is 3.34. The van der Waals surface area contributed by atoms with Gasteiger partial charge in [-0.15, -0.1) is 0 Å². The van der Waals surface area contributed by atoms with Crippen molar-refractivity contribution < 1.29 is 21.6 Å². The molecule has 238 valence electrons. The van der Waals surface area contributed by atoms with Crippen LogP contribution in [0.3, 0.4) is 0 Å². The highest BCUT2D eigenvalue weighted by atomic mass is 35.5. The number of aromatic nitrogens is 2. The largest absolute Gasteiger partial charge is 0.322 e. The second kappa shape index (κ2) is 12.5. The van der Waals surface area contributed by atoms with Crippen LogP contribution in [0.15, 0.2) is 112 Å². The number of para-hydroxylation sites is 1. The van der Waals surface area contributed by atoms with Gasteiger partial charge in [0.2, 0.25) is 0 Å². The first-order chi connectivity index (χ1) is 21.7. The van der Waals surface area contributed by atoms with Crippen molar-refractivity contribution in [3.63, 3.8) is 0 Å². The number of carbonyl (C=O) groups excluding carboxylic acids is 1. The summed E-state index contributed by atoms with van der Waals surface area (Å²) in [5, 5.41) is 3.04. The van der Waals surface area contributed by atoms with E-state index in [1.165, 1.54) is 54.2 Å². The molecule has 0 atom stereocenters. The zero-order valence-corrected chi connectivity index (χ0v) is 27.6. The number of sulfonamides is 2. The molecular weight excluding hydrogens is 650 g/mol. The van der Waals surface area contributed by atoms with Crippen LogP contribution in [-0.2, 0) is 27.1 Å². The van der Waals surface area contributed by atoms with Crippen molar-refractivity contribution in [3.8, 4) is 5.69 Å². The van der Waals surface area contributed by atoms with E-state index >= 15 is 0 Å². The zero-order valence-electron chi connectivity index (χ0n) is 25.2. The van der Waals surface area contributed by atoms with E-state index in [0.29, 0.717) is 22.0 Å². The molecule has 0 radical (unpaired) electrons. The van der Waals surface area contributed by atoms with E-state index in [1.54, 1.807) is 74.1 Å². The highest BCUT2D eigenvalue weighted by molar-refractivity contribution is 7.93. The molecule has 1 heterocycles. The van der Waals surface area contributed by atoms with Gasteiger partial charge >= 0.3 is 0 Å². The number of benzene rings is 4. The minimum atomic E-state index is -4.29.